The third kappa shape index (κ3) is 4.40. The zero-order valence-electron chi connectivity index (χ0n) is 11.4. The van der Waals surface area contributed by atoms with Crippen molar-refractivity contribution in [2.24, 2.45) is 0 Å². The number of hydrogen-bond donors (Lipinski definition) is 1. The summed E-state index contributed by atoms with van der Waals surface area (Å²) in [7, 11) is 2.75. The first-order valence-corrected chi connectivity index (χ1v) is 5.74. The van der Waals surface area contributed by atoms with Gasteiger partial charge in [0.25, 0.3) is 11.7 Å². The first kappa shape index (κ1) is 16.9. The molecular weight excluding hydrogens is 289 g/mol. The molecule has 0 aliphatic rings. The zero-order chi connectivity index (χ0) is 16.2. The van der Waals surface area contributed by atoms with Crippen LogP contribution in [0.3, 0.4) is 0 Å². The predicted octanol–water partition coefficient (Wildman–Crippen LogP) is 1.03. The minimum Gasteiger partial charge on any atom is -0.325 e. The lowest BCUT2D eigenvalue weighted by Crippen LogP contribution is -2.46. The number of benzene rings is 1. The molecule has 1 amide bonds. The van der Waals surface area contributed by atoms with E-state index >= 15 is 0 Å². The molecule has 0 atom stereocenters. The van der Waals surface area contributed by atoms with Gasteiger partial charge in [-0.3, -0.25) is 14.4 Å². The minimum atomic E-state index is -4.93. The van der Waals surface area contributed by atoms with E-state index in [0.29, 0.717) is 11.6 Å². The van der Waals surface area contributed by atoms with Crippen molar-refractivity contribution in [1.29, 1.82) is 0 Å². The van der Waals surface area contributed by atoms with Crippen molar-refractivity contribution in [3.8, 4) is 0 Å². The Morgan fingerprint density at radius 1 is 1.19 bits per heavy atom. The van der Waals surface area contributed by atoms with Gasteiger partial charge in [0.1, 0.15) is 5.70 Å². The number of amides is 1. The topological polar surface area (TPSA) is 74.2 Å². The van der Waals surface area contributed by atoms with E-state index in [0.717, 1.165) is 5.06 Å². The number of nitrogens with zero attached hydrogens (tertiary/aromatic N) is 1. The maximum Gasteiger partial charge on any atom is 0.454 e. The van der Waals surface area contributed by atoms with Crippen molar-refractivity contribution in [1.82, 2.24) is 5.06 Å². The van der Waals surface area contributed by atoms with E-state index in [2.05, 4.69) is 5.73 Å². The van der Waals surface area contributed by atoms with Gasteiger partial charge in [-0.25, -0.2) is 5.06 Å². The third-order valence-electron chi connectivity index (χ3n) is 2.65. The van der Waals surface area contributed by atoms with Gasteiger partial charge < -0.3 is 5.73 Å². The number of alkyl halides is 3. The summed E-state index contributed by atoms with van der Waals surface area (Å²) in [5, 5.41) is 1.00. The lowest BCUT2D eigenvalue weighted by Gasteiger charge is -2.13. The molecule has 114 valence electrons. The summed E-state index contributed by atoms with van der Waals surface area (Å²) in [6.07, 6.45) is -4.52. The van der Waals surface area contributed by atoms with Crippen LogP contribution >= 0.6 is 0 Å². The number of carbonyl (C=O) groups excluding carboxylic acids is 2. The van der Waals surface area contributed by atoms with Gasteiger partial charge in [-0.15, -0.1) is 0 Å². The van der Waals surface area contributed by atoms with Crippen LogP contribution in [0.2, 0.25) is 0 Å². The summed E-state index contributed by atoms with van der Waals surface area (Å²) in [4.78, 5) is 27.3. The van der Waals surface area contributed by atoms with Crippen LogP contribution in [-0.2, 0) is 9.63 Å². The molecule has 3 N–H and O–H groups in total. The number of carbonyl (C=O) groups is 2. The summed E-state index contributed by atoms with van der Waals surface area (Å²) >= 11 is 0. The molecule has 0 aliphatic carbocycles. The SMILES string of the molecule is CON(C)C(=O)c1ccc(C([NH3+])=CC(=O)C(F)(F)F)cc1. The fourth-order valence-electron chi connectivity index (χ4n) is 1.42. The van der Waals surface area contributed by atoms with Gasteiger partial charge in [-0.05, 0) is 24.3 Å². The fourth-order valence-corrected chi connectivity index (χ4v) is 1.42. The average molecular weight is 303 g/mol. The third-order valence-corrected chi connectivity index (χ3v) is 2.65. The van der Waals surface area contributed by atoms with Crippen molar-refractivity contribution in [2.75, 3.05) is 14.2 Å². The van der Waals surface area contributed by atoms with Gasteiger partial charge in [0.05, 0.1) is 13.2 Å². The summed E-state index contributed by atoms with van der Waals surface area (Å²) in [5.41, 5.74) is 3.92. The molecule has 1 aromatic rings. The van der Waals surface area contributed by atoms with Crippen molar-refractivity contribution in [2.45, 2.75) is 6.18 Å². The van der Waals surface area contributed by atoms with E-state index in [-0.39, 0.29) is 11.3 Å². The maximum absolute atomic E-state index is 12.1. The molecular formula is C13H14F3N2O3+. The Hall–Kier alpha value is -2.19. The Bertz CT molecular complexity index is 565. The molecule has 0 fully saturated rings. The van der Waals surface area contributed by atoms with E-state index in [1.54, 1.807) is 0 Å². The number of hydrogen-bond acceptors (Lipinski definition) is 3. The van der Waals surface area contributed by atoms with E-state index in [4.69, 9.17) is 4.84 Å². The Balaban J connectivity index is 2.95. The van der Waals surface area contributed by atoms with Gasteiger partial charge in [0, 0.05) is 18.2 Å². The first-order valence-electron chi connectivity index (χ1n) is 5.74. The van der Waals surface area contributed by atoms with Crippen LogP contribution in [0.4, 0.5) is 13.2 Å². The standard InChI is InChI=1S/C13H13F3N2O3/c1-18(21-2)12(20)9-5-3-8(4-6-9)10(17)7-11(19)13(14,15)16/h3-7H,17H2,1-2H3/p+1. The minimum absolute atomic E-state index is 0.0866. The normalized spacial score (nSPS) is 12.2. The highest BCUT2D eigenvalue weighted by Gasteiger charge is 2.37. The smallest absolute Gasteiger partial charge is 0.325 e. The van der Waals surface area contributed by atoms with E-state index < -0.39 is 17.9 Å². The predicted molar refractivity (Wildman–Crippen MR) is 67.5 cm³/mol. The molecule has 0 bridgehead atoms. The number of allylic oxidation sites excluding steroid dienone is 1. The molecule has 21 heavy (non-hydrogen) atoms. The number of hydroxylamine groups is 2. The van der Waals surface area contributed by atoms with Gasteiger partial charge in [0.15, 0.2) is 0 Å². The maximum atomic E-state index is 12.1. The molecule has 0 aromatic heterocycles. The molecule has 1 aromatic carbocycles. The van der Waals surface area contributed by atoms with Gasteiger partial charge >= 0.3 is 6.18 Å². The van der Waals surface area contributed by atoms with Crippen molar-refractivity contribution < 1.29 is 33.3 Å². The summed E-state index contributed by atoms with van der Waals surface area (Å²) < 4.78 is 36.4. The van der Waals surface area contributed by atoms with E-state index in [9.17, 15) is 22.8 Å². The second-order valence-corrected chi connectivity index (χ2v) is 4.09. The lowest BCUT2D eigenvalue weighted by molar-refractivity contribution is -0.244. The number of halogens is 3. The summed E-state index contributed by atoms with van der Waals surface area (Å²) in [5.74, 6) is -2.39. The lowest BCUT2D eigenvalue weighted by atomic mass is 10.1. The van der Waals surface area contributed by atoms with Crippen molar-refractivity contribution in [3.63, 3.8) is 0 Å². The summed E-state index contributed by atoms with van der Waals surface area (Å²) in [6, 6.07) is 5.62. The van der Waals surface area contributed by atoms with Crippen LogP contribution in [0.1, 0.15) is 15.9 Å². The molecule has 0 unspecified atom stereocenters. The van der Waals surface area contributed by atoms with Gasteiger partial charge in [0.2, 0.25) is 0 Å². The van der Waals surface area contributed by atoms with Gasteiger partial charge in [-0.1, -0.05) is 0 Å². The average Bonchev–Trinajstić information content (AvgIpc) is 2.44. The molecule has 5 nitrogen and oxygen atoms in total. The Kier molecular flexibility index (Phi) is 5.23. The monoisotopic (exact) mass is 303 g/mol. The van der Waals surface area contributed by atoms with Crippen molar-refractivity contribution >= 4 is 17.4 Å². The Morgan fingerprint density at radius 3 is 2.10 bits per heavy atom. The van der Waals surface area contributed by atoms with Crippen LogP contribution in [0.5, 0.6) is 0 Å². The van der Waals surface area contributed by atoms with Crippen molar-refractivity contribution in [3.05, 3.63) is 41.5 Å². The highest BCUT2D eigenvalue weighted by molar-refractivity contribution is 5.99. The van der Waals surface area contributed by atoms with Crippen LogP contribution in [0.15, 0.2) is 30.3 Å². The molecule has 0 spiro atoms. The Morgan fingerprint density at radius 2 is 1.67 bits per heavy atom. The quantitative estimate of drug-likeness (QED) is 0.667. The van der Waals surface area contributed by atoms with E-state index in [1.807, 2.05) is 0 Å². The fraction of sp³-hybridized carbons (Fsp3) is 0.231. The Labute approximate surface area is 118 Å². The molecule has 8 heteroatoms. The number of quaternary nitrogens is 1. The first-order chi connectivity index (χ1) is 9.66. The van der Waals surface area contributed by atoms with E-state index in [1.165, 1.54) is 38.4 Å². The second-order valence-electron chi connectivity index (χ2n) is 4.09. The highest BCUT2D eigenvalue weighted by Crippen LogP contribution is 2.18. The summed E-state index contributed by atoms with van der Waals surface area (Å²) in [6.45, 7) is 0. The van der Waals surface area contributed by atoms with Gasteiger partial charge in [-0.2, -0.15) is 13.2 Å². The van der Waals surface area contributed by atoms with Crippen LogP contribution in [-0.4, -0.2) is 37.1 Å². The highest BCUT2D eigenvalue weighted by atomic mass is 19.4. The number of ketones is 1. The molecule has 0 saturated carbocycles. The van der Waals surface area contributed by atoms with Crippen LogP contribution in [0, 0.1) is 0 Å². The molecule has 0 saturated heterocycles. The molecule has 0 aliphatic heterocycles. The van der Waals surface area contributed by atoms with Crippen LogP contribution < -0.4 is 5.73 Å². The largest absolute Gasteiger partial charge is 0.454 e. The zero-order valence-corrected chi connectivity index (χ0v) is 11.4. The molecule has 0 heterocycles. The number of rotatable bonds is 4. The van der Waals surface area contributed by atoms with Crippen LogP contribution in [0.25, 0.3) is 5.70 Å². The molecule has 0 radical (unpaired) electrons. The molecule has 1 rings (SSSR count). The second kappa shape index (κ2) is 6.51.